The zero-order valence-corrected chi connectivity index (χ0v) is 10.3. The van der Waals surface area contributed by atoms with Gasteiger partial charge in [0, 0.05) is 17.1 Å². The summed E-state index contributed by atoms with van der Waals surface area (Å²) in [6.45, 7) is 0. The molecule has 0 amide bonds. The van der Waals surface area contributed by atoms with Gasteiger partial charge in [0.1, 0.15) is 0 Å². The predicted molar refractivity (Wildman–Crippen MR) is 25.6 cm³/mol. The van der Waals surface area contributed by atoms with Crippen molar-refractivity contribution in [1.82, 2.24) is 0 Å². The van der Waals surface area contributed by atoms with Crippen LogP contribution in [0.1, 0.15) is 0 Å². The standard InChI is InChI=1S/Cu.Ga.In.H2Se.5H/h;;;1H2;;;;;/q;;+1;;;;;;/p-1. The summed E-state index contributed by atoms with van der Waals surface area (Å²) < 4.78 is 0. The van der Waals surface area contributed by atoms with Gasteiger partial charge in [-0.2, -0.15) is 0 Å². The van der Waals surface area contributed by atoms with Crippen LogP contribution in [0.5, 0.6) is 0 Å². The van der Waals surface area contributed by atoms with Crippen molar-refractivity contribution in [2.24, 2.45) is 0 Å². The summed E-state index contributed by atoms with van der Waals surface area (Å²) in [7, 11) is 0. The van der Waals surface area contributed by atoms with E-state index in [9.17, 15) is 0 Å². The van der Waals surface area contributed by atoms with Gasteiger partial charge in [0.05, 0.1) is 0 Å². The van der Waals surface area contributed by atoms with Crippen LogP contribution in [0.25, 0.3) is 0 Å². The molecule has 0 saturated carbocycles. The maximum atomic E-state index is 2.52. The maximum absolute atomic E-state index is 2.52. The first-order chi connectivity index (χ1) is 1.00. The second kappa shape index (κ2) is 17.7. The molecule has 4 heteroatoms. The minimum absolute atomic E-state index is 0. The average molecular weight is 333 g/mol. The van der Waals surface area contributed by atoms with E-state index in [1.807, 2.05) is 0 Å². The summed E-state index contributed by atoms with van der Waals surface area (Å²) in [5, 5.41) is 0. The number of hydrogen-bond acceptors (Lipinski definition) is 0. The normalized spacial score (nSPS) is 1.25. The van der Waals surface area contributed by atoms with Crippen molar-refractivity contribution < 1.29 is 17.1 Å². The van der Waals surface area contributed by atoms with Crippen molar-refractivity contribution >= 4 is 54.2 Å². The van der Waals surface area contributed by atoms with Crippen molar-refractivity contribution in [2.75, 3.05) is 0 Å². The Hall–Kier alpha value is 2.55. The quantitative estimate of drug-likeness (QED) is 0.422. The van der Waals surface area contributed by atoms with E-state index in [4.69, 9.17) is 0 Å². The molecule has 0 aromatic heterocycles. The van der Waals surface area contributed by atoms with Gasteiger partial charge in [-0.3, -0.25) is 0 Å². The first kappa shape index (κ1) is 16.0. The van der Waals surface area contributed by atoms with Crippen LogP contribution in [0, 0.1) is 0 Å². The van der Waals surface area contributed by atoms with Crippen molar-refractivity contribution in [1.29, 1.82) is 0 Å². The third kappa shape index (κ3) is 8.82. The summed E-state index contributed by atoms with van der Waals surface area (Å²) in [5.74, 6) is 0. The Balaban J connectivity index is -0.00000000500. The third-order valence-electron chi connectivity index (χ3n) is 0. The summed E-state index contributed by atoms with van der Waals surface area (Å²) in [5.41, 5.74) is 0. The van der Waals surface area contributed by atoms with Gasteiger partial charge in [0.15, 0.2) is 0 Å². The van der Waals surface area contributed by atoms with E-state index in [-0.39, 0.29) is 36.9 Å². The van der Waals surface area contributed by atoms with E-state index in [1.54, 1.807) is 0 Å². The predicted octanol–water partition coefficient (Wildman–Crippen LogP) is -2.75. The van der Waals surface area contributed by atoms with Crippen LogP contribution < -0.4 is 0 Å². The molecule has 0 aromatic carbocycles. The molecule has 0 spiro atoms. The first-order valence-electron chi connectivity index (χ1n) is 0.447. The number of hydrogen-bond donors (Lipinski definition) is 0. The zero-order chi connectivity index (χ0) is 2.00. The molecule has 0 atom stereocenters. The molecule has 29 valence electrons. The zero-order valence-electron chi connectivity index (χ0n) is 1.75. The van der Waals surface area contributed by atoms with E-state index in [1.165, 1.54) is 0 Å². The van der Waals surface area contributed by atoms with Gasteiger partial charge < -0.3 is 0 Å². The van der Waals surface area contributed by atoms with E-state index >= 15 is 0 Å². The van der Waals surface area contributed by atoms with Gasteiger partial charge in [-0.05, 0) is 0 Å². The number of rotatable bonds is 0. The average Bonchev–Trinajstić information content (AvgIpc) is 1.00. The molecule has 0 aliphatic heterocycles. The molecular weight excluding hydrogens is 327 g/mol. The van der Waals surface area contributed by atoms with Gasteiger partial charge in [-0.25, -0.2) is 0 Å². The van der Waals surface area contributed by atoms with Crippen molar-refractivity contribution in [3.8, 4) is 0 Å². The van der Waals surface area contributed by atoms with Crippen LogP contribution in [0.2, 0.25) is 0 Å². The fourth-order valence-electron chi connectivity index (χ4n) is 0. The van der Waals surface area contributed by atoms with Crippen LogP contribution in [0.4, 0.5) is 0 Å². The molecule has 0 saturated heterocycles. The molecule has 0 aliphatic rings. The molecule has 0 rings (SSSR count). The molecule has 1 radical (unpaired) electrons. The van der Waals surface area contributed by atoms with Crippen LogP contribution in [0.3, 0.4) is 0 Å². The second-order valence-corrected chi connectivity index (χ2v) is 0. The SMILES string of the molecule is [Cu].[GaH3].[SeH][InH2]. The molecule has 0 nitrogen and oxygen atoms in total. The summed E-state index contributed by atoms with van der Waals surface area (Å²) in [6, 6.07) is 0. The van der Waals surface area contributed by atoms with Crippen molar-refractivity contribution in [2.45, 2.75) is 0 Å². The van der Waals surface area contributed by atoms with Crippen LogP contribution in [0.15, 0.2) is 0 Å². The Kier molecular flexibility index (Phi) is 70.8. The molecule has 0 bridgehead atoms. The Morgan fingerprint density at radius 1 is 1.25 bits per heavy atom. The van der Waals surface area contributed by atoms with E-state index in [2.05, 4.69) is 12.4 Å². The topological polar surface area (TPSA) is 0 Å². The molecule has 4 heavy (non-hydrogen) atoms. The molecule has 0 unspecified atom stereocenters. The van der Waals surface area contributed by atoms with Crippen LogP contribution in [-0.4, -0.2) is 54.2 Å². The Labute approximate surface area is 70.1 Å². The summed E-state index contributed by atoms with van der Waals surface area (Å²) in [6.07, 6.45) is 0. The van der Waals surface area contributed by atoms with Gasteiger partial charge in [-0.15, -0.1) is 0 Å². The van der Waals surface area contributed by atoms with Crippen molar-refractivity contribution in [3.63, 3.8) is 0 Å². The fraction of sp³-hybridized carbons (Fsp3) is 0. The molecule has 0 heterocycles. The Bertz CT molecular complexity index is 8.00. The van der Waals surface area contributed by atoms with E-state index in [0.717, 1.165) is 22.0 Å². The Morgan fingerprint density at radius 2 is 1.25 bits per heavy atom. The monoisotopic (exact) mass is 333 g/mol. The Morgan fingerprint density at radius 3 is 1.25 bits per heavy atom. The molecule has 0 N–H and O–H groups in total. The van der Waals surface area contributed by atoms with E-state index in [0.29, 0.717) is 0 Å². The second-order valence-electron chi connectivity index (χ2n) is 0. The first-order valence-corrected chi connectivity index (χ1v) is 15.6. The van der Waals surface area contributed by atoms with Crippen LogP contribution >= 0.6 is 0 Å². The fourth-order valence-corrected chi connectivity index (χ4v) is 0. The van der Waals surface area contributed by atoms with Gasteiger partial charge >= 0.3 is 54.2 Å². The van der Waals surface area contributed by atoms with Gasteiger partial charge in [0.25, 0.3) is 0 Å². The van der Waals surface area contributed by atoms with Crippen molar-refractivity contribution in [3.05, 3.63) is 0 Å². The van der Waals surface area contributed by atoms with E-state index < -0.39 is 0 Å². The van der Waals surface area contributed by atoms with Gasteiger partial charge in [-0.1, -0.05) is 0 Å². The van der Waals surface area contributed by atoms with Crippen LogP contribution in [-0.2, 0) is 17.1 Å². The van der Waals surface area contributed by atoms with Gasteiger partial charge in [0.2, 0.25) is 0 Å². The molecular formula is H6CuGaInSe. The molecule has 0 aliphatic carbocycles. The minimum atomic E-state index is 0. The summed E-state index contributed by atoms with van der Waals surface area (Å²) >= 11 is 3.41. The third-order valence-corrected chi connectivity index (χ3v) is 0. The summed E-state index contributed by atoms with van der Waals surface area (Å²) in [4.78, 5) is 0. The molecule has 0 aromatic rings. The molecule has 0 fully saturated rings.